The third-order valence-corrected chi connectivity index (χ3v) is 5.48. The molecule has 1 aromatic rings. The van der Waals surface area contributed by atoms with Gasteiger partial charge in [-0.3, -0.25) is 0 Å². The van der Waals surface area contributed by atoms with Gasteiger partial charge in [-0.15, -0.1) is 0 Å². The monoisotopic (exact) mass is 304 g/mol. The highest BCUT2D eigenvalue weighted by Gasteiger charge is 2.30. The van der Waals surface area contributed by atoms with E-state index in [0.717, 1.165) is 0 Å². The first kappa shape index (κ1) is 13.0. The molecule has 0 amide bonds. The molecule has 0 aliphatic carbocycles. The summed E-state index contributed by atoms with van der Waals surface area (Å²) in [4.78, 5) is 0.0697. The van der Waals surface area contributed by atoms with Gasteiger partial charge in [-0.1, -0.05) is 11.6 Å². The number of piperazine rings is 1. The zero-order valence-electron chi connectivity index (χ0n) is 10.1. The van der Waals surface area contributed by atoms with Gasteiger partial charge in [-0.2, -0.15) is 4.31 Å². The summed E-state index contributed by atoms with van der Waals surface area (Å²) in [6.45, 7) is 2.24. The zero-order valence-corrected chi connectivity index (χ0v) is 11.6. The molecule has 0 atom stereocenters. The molecule has 1 saturated heterocycles. The number of hydrogen-bond acceptors (Lipinski definition) is 5. The Morgan fingerprint density at radius 3 is 2.47 bits per heavy atom. The molecule has 6 nitrogen and oxygen atoms in total. The molecule has 3 rings (SSSR count). The van der Waals surface area contributed by atoms with Gasteiger partial charge in [0, 0.05) is 38.3 Å². The lowest BCUT2D eigenvalue weighted by atomic mass is 10.3. The minimum absolute atomic E-state index is 0.0697. The van der Waals surface area contributed by atoms with Crippen molar-refractivity contribution in [2.75, 3.05) is 33.0 Å². The standard InChI is InChI=1S/C11H13ClN2O4S/c12-8-5-9-10(18-7-17-9)6-11(8)19(15,16)14-3-1-13-2-4-14/h5-6,13H,1-4,7H2. The Morgan fingerprint density at radius 1 is 1.16 bits per heavy atom. The van der Waals surface area contributed by atoms with Crippen molar-refractivity contribution in [3.05, 3.63) is 17.2 Å². The Hall–Kier alpha value is -1.02. The van der Waals surface area contributed by atoms with Gasteiger partial charge >= 0.3 is 0 Å². The van der Waals surface area contributed by atoms with Gasteiger partial charge in [0.15, 0.2) is 11.5 Å². The maximum atomic E-state index is 12.5. The lowest BCUT2D eigenvalue weighted by molar-refractivity contribution is 0.174. The predicted molar refractivity (Wildman–Crippen MR) is 69.2 cm³/mol. The van der Waals surface area contributed by atoms with E-state index in [9.17, 15) is 8.42 Å². The number of ether oxygens (including phenoxy) is 2. The molecule has 2 heterocycles. The third-order valence-electron chi connectivity index (χ3n) is 3.12. The molecule has 8 heteroatoms. The van der Waals surface area contributed by atoms with E-state index in [2.05, 4.69) is 5.32 Å². The highest BCUT2D eigenvalue weighted by molar-refractivity contribution is 7.89. The molecular weight excluding hydrogens is 292 g/mol. The molecule has 0 aromatic heterocycles. The van der Waals surface area contributed by atoms with Crippen molar-refractivity contribution in [2.45, 2.75) is 4.90 Å². The molecule has 0 radical (unpaired) electrons. The van der Waals surface area contributed by atoms with Crippen LogP contribution < -0.4 is 14.8 Å². The zero-order chi connectivity index (χ0) is 13.5. The van der Waals surface area contributed by atoms with Crippen LogP contribution >= 0.6 is 11.6 Å². The van der Waals surface area contributed by atoms with Gasteiger partial charge in [-0.05, 0) is 0 Å². The van der Waals surface area contributed by atoms with Gasteiger partial charge in [0.2, 0.25) is 16.8 Å². The van der Waals surface area contributed by atoms with Crippen LogP contribution in [0.3, 0.4) is 0 Å². The van der Waals surface area contributed by atoms with Crippen LogP contribution in [-0.4, -0.2) is 45.7 Å². The fraction of sp³-hybridized carbons (Fsp3) is 0.455. The topological polar surface area (TPSA) is 67.9 Å². The summed E-state index contributed by atoms with van der Waals surface area (Å²) in [7, 11) is -3.59. The number of benzene rings is 1. The lowest BCUT2D eigenvalue weighted by Gasteiger charge is -2.27. The molecule has 1 aromatic carbocycles. The minimum Gasteiger partial charge on any atom is -0.454 e. The second-order valence-electron chi connectivity index (χ2n) is 4.29. The average Bonchev–Trinajstić information content (AvgIpc) is 2.85. The summed E-state index contributed by atoms with van der Waals surface area (Å²) in [5.74, 6) is 0.891. The van der Waals surface area contributed by atoms with E-state index in [1.54, 1.807) is 0 Å². The maximum absolute atomic E-state index is 12.5. The minimum atomic E-state index is -3.59. The molecule has 0 unspecified atom stereocenters. The summed E-state index contributed by atoms with van der Waals surface area (Å²) in [5.41, 5.74) is 0. The van der Waals surface area contributed by atoms with Crippen molar-refractivity contribution in [1.82, 2.24) is 9.62 Å². The van der Waals surface area contributed by atoms with E-state index in [4.69, 9.17) is 21.1 Å². The van der Waals surface area contributed by atoms with Gasteiger partial charge in [0.25, 0.3) is 0 Å². The highest BCUT2D eigenvalue weighted by atomic mass is 35.5. The number of rotatable bonds is 2. The van der Waals surface area contributed by atoms with Crippen LogP contribution in [0.5, 0.6) is 11.5 Å². The van der Waals surface area contributed by atoms with Crippen LogP contribution in [0.15, 0.2) is 17.0 Å². The number of nitrogens with zero attached hydrogens (tertiary/aromatic N) is 1. The number of hydrogen-bond donors (Lipinski definition) is 1. The van der Waals surface area contributed by atoms with Gasteiger partial charge < -0.3 is 14.8 Å². The lowest BCUT2D eigenvalue weighted by Crippen LogP contribution is -2.46. The molecule has 104 valence electrons. The fourth-order valence-electron chi connectivity index (χ4n) is 2.12. The van der Waals surface area contributed by atoms with Crippen molar-refractivity contribution in [2.24, 2.45) is 0 Å². The van der Waals surface area contributed by atoms with E-state index in [0.29, 0.717) is 37.7 Å². The second-order valence-corrected chi connectivity index (χ2v) is 6.60. The maximum Gasteiger partial charge on any atom is 0.244 e. The Bertz CT molecular complexity index is 599. The summed E-state index contributed by atoms with van der Waals surface area (Å²) in [6, 6.07) is 2.92. The molecule has 0 bridgehead atoms. The first-order chi connectivity index (χ1) is 9.09. The largest absolute Gasteiger partial charge is 0.454 e. The summed E-state index contributed by atoms with van der Waals surface area (Å²) in [6.07, 6.45) is 0. The van der Waals surface area contributed by atoms with Crippen molar-refractivity contribution in [3.8, 4) is 11.5 Å². The molecule has 0 saturated carbocycles. The van der Waals surface area contributed by atoms with Gasteiger partial charge in [0.1, 0.15) is 4.90 Å². The van der Waals surface area contributed by atoms with E-state index >= 15 is 0 Å². The average molecular weight is 305 g/mol. The Kier molecular flexibility index (Phi) is 3.30. The van der Waals surface area contributed by atoms with Crippen molar-refractivity contribution in [3.63, 3.8) is 0 Å². The molecule has 2 aliphatic rings. The van der Waals surface area contributed by atoms with Crippen LogP contribution in [-0.2, 0) is 10.0 Å². The highest BCUT2D eigenvalue weighted by Crippen LogP contribution is 2.39. The number of nitrogens with one attached hydrogen (secondary N) is 1. The Labute approximate surface area is 116 Å². The molecule has 0 spiro atoms. The van der Waals surface area contributed by atoms with Gasteiger partial charge in [0.05, 0.1) is 5.02 Å². The van der Waals surface area contributed by atoms with Crippen molar-refractivity contribution in [1.29, 1.82) is 0 Å². The van der Waals surface area contributed by atoms with Crippen molar-refractivity contribution >= 4 is 21.6 Å². The summed E-state index contributed by atoms with van der Waals surface area (Å²) < 4.78 is 36.8. The van der Waals surface area contributed by atoms with E-state index in [-0.39, 0.29) is 16.7 Å². The molecule has 1 N–H and O–H groups in total. The second kappa shape index (κ2) is 4.82. The number of fused-ring (bicyclic) bond motifs is 1. The SMILES string of the molecule is O=S(=O)(c1cc2c(cc1Cl)OCO2)N1CCNCC1. The number of sulfonamides is 1. The molecular formula is C11H13ClN2O4S. The predicted octanol–water partition coefficient (Wildman–Crippen LogP) is 0.663. The summed E-state index contributed by atoms with van der Waals surface area (Å²) >= 11 is 6.05. The van der Waals surface area contributed by atoms with Crippen LogP contribution in [0.25, 0.3) is 0 Å². The quantitative estimate of drug-likeness (QED) is 0.869. The van der Waals surface area contributed by atoms with E-state index < -0.39 is 10.0 Å². The van der Waals surface area contributed by atoms with Crippen LogP contribution in [0.2, 0.25) is 5.02 Å². The first-order valence-corrected chi connectivity index (χ1v) is 7.71. The molecule has 1 fully saturated rings. The van der Waals surface area contributed by atoms with E-state index in [1.807, 2.05) is 0 Å². The van der Waals surface area contributed by atoms with E-state index in [1.165, 1.54) is 16.4 Å². The molecule has 2 aliphatic heterocycles. The van der Waals surface area contributed by atoms with Crippen LogP contribution in [0.4, 0.5) is 0 Å². The first-order valence-electron chi connectivity index (χ1n) is 5.89. The summed E-state index contributed by atoms with van der Waals surface area (Å²) in [5, 5.41) is 3.27. The van der Waals surface area contributed by atoms with Crippen LogP contribution in [0.1, 0.15) is 0 Å². The fourth-order valence-corrected chi connectivity index (χ4v) is 4.07. The Morgan fingerprint density at radius 2 is 1.79 bits per heavy atom. The normalized spacial score (nSPS) is 19.6. The van der Waals surface area contributed by atoms with Crippen molar-refractivity contribution < 1.29 is 17.9 Å². The molecule has 19 heavy (non-hydrogen) atoms. The smallest absolute Gasteiger partial charge is 0.244 e. The Balaban J connectivity index is 2.01. The number of halogens is 1. The third kappa shape index (κ3) is 2.27. The van der Waals surface area contributed by atoms with Gasteiger partial charge in [-0.25, -0.2) is 8.42 Å². The van der Waals surface area contributed by atoms with Crippen LogP contribution in [0, 0.1) is 0 Å².